The van der Waals surface area contributed by atoms with Crippen molar-refractivity contribution in [1.29, 1.82) is 0 Å². The minimum Gasteiger partial charge on any atom is -0.436 e. The number of benzene rings is 2. The maximum Gasteiger partial charge on any atom is 0.234 e. The molecule has 1 aliphatic heterocycles. The Morgan fingerprint density at radius 3 is 2.70 bits per heavy atom. The fourth-order valence-corrected chi connectivity index (χ4v) is 5.23. The fourth-order valence-electron chi connectivity index (χ4n) is 4.18. The number of thioether (sulfide) groups is 1. The molecule has 5 rings (SSSR count). The Balaban J connectivity index is 1.50. The lowest BCUT2D eigenvalue weighted by atomic mass is 9.99. The van der Waals surface area contributed by atoms with E-state index in [9.17, 15) is 9.90 Å². The van der Waals surface area contributed by atoms with Gasteiger partial charge in [-0.3, -0.25) is 9.78 Å². The van der Waals surface area contributed by atoms with Crippen LogP contribution in [0.4, 0.5) is 5.69 Å². The zero-order valence-electron chi connectivity index (χ0n) is 20.6. The number of aliphatic hydroxyl groups excluding tert-OH is 1. The highest BCUT2D eigenvalue weighted by Gasteiger charge is 2.28. The zero-order valence-corrected chi connectivity index (χ0v) is 22.2. The van der Waals surface area contributed by atoms with E-state index in [2.05, 4.69) is 10.3 Å². The lowest BCUT2D eigenvalue weighted by Gasteiger charge is -2.24. The van der Waals surface area contributed by atoms with Crippen LogP contribution >= 0.6 is 23.4 Å². The molecule has 1 aliphatic rings. The van der Waals surface area contributed by atoms with E-state index in [0.29, 0.717) is 50.7 Å². The van der Waals surface area contributed by atoms with Gasteiger partial charge in [0.25, 0.3) is 0 Å². The van der Waals surface area contributed by atoms with Crippen molar-refractivity contribution in [3.63, 3.8) is 0 Å². The summed E-state index contributed by atoms with van der Waals surface area (Å²) in [7, 11) is 0. The van der Waals surface area contributed by atoms with Crippen molar-refractivity contribution >= 4 is 35.0 Å². The summed E-state index contributed by atoms with van der Waals surface area (Å²) in [4.78, 5) is 26.8. The summed E-state index contributed by atoms with van der Waals surface area (Å²) in [5, 5.41) is 14.0. The molecule has 3 heterocycles. The average molecular weight is 533 g/mol. The largest absolute Gasteiger partial charge is 0.436 e. The number of hydrogen-bond acceptors (Lipinski definition) is 7. The predicted octanol–water partition coefficient (Wildman–Crippen LogP) is 6.04. The van der Waals surface area contributed by atoms with Crippen LogP contribution in [0.5, 0.6) is 11.6 Å². The molecular formula is C28H25ClN4O3S. The molecule has 37 heavy (non-hydrogen) atoms. The van der Waals surface area contributed by atoms with Crippen molar-refractivity contribution < 1.29 is 14.6 Å². The van der Waals surface area contributed by atoms with Gasteiger partial charge in [0.1, 0.15) is 5.03 Å². The van der Waals surface area contributed by atoms with Crippen LogP contribution in [-0.2, 0) is 17.8 Å². The van der Waals surface area contributed by atoms with E-state index in [4.69, 9.17) is 26.3 Å². The normalized spacial score (nSPS) is 11.9. The molecular weight excluding hydrogens is 508 g/mol. The summed E-state index contributed by atoms with van der Waals surface area (Å²) >= 11 is 7.77. The summed E-state index contributed by atoms with van der Waals surface area (Å²) in [6.45, 7) is 5.69. The number of ether oxygens (including phenoxy) is 1. The van der Waals surface area contributed by atoms with Crippen LogP contribution in [0, 0.1) is 20.8 Å². The molecule has 0 saturated heterocycles. The van der Waals surface area contributed by atoms with Gasteiger partial charge in [0.05, 0.1) is 28.6 Å². The van der Waals surface area contributed by atoms with Crippen LogP contribution in [0.2, 0.25) is 5.02 Å². The van der Waals surface area contributed by atoms with E-state index in [1.807, 2.05) is 57.2 Å². The molecule has 7 nitrogen and oxygen atoms in total. The smallest absolute Gasteiger partial charge is 0.234 e. The number of fused-ring (bicyclic) bond motifs is 2. The molecule has 0 atom stereocenters. The number of aliphatic hydroxyl groups is 1. The van der Waals surface area contributed by atoms with Crippen LogP contribution in [0.25, 0.3) is 11.4 Å². The first kappa shape index (κ1) is 25.2. The SMILES string of the molecule is Cc1cccc(NC(=O)CSc2nc(-c3ccccc3Cl)nc3c2Cc2c(CO)cnc(C)c2O3)c1C. The number of anilines is 1. The number of halogens is 1. The highest BCUT2D eigenvalue weighted by Crippen LogP contribution is 2.43. The summed E-state index contributed by atoms with van der Waals surface area (Å²) in [5.74, 6) is 1.41. The van der Waals surface area contributed by atoms with Gasteiger partial charge in [-0.15, -0.1) is 0 Å². The molecule has 0 radical (unpaired) electrons. The van der Waals surface area contributed by atoms with Gasteiger partial charge in [0, 0.05) is 35.0 Å². The second kappa shape index (κ2) is 10.5. The third kappa shape index (κ3) is 5.05. The number of aryl methyl sites for hydroxylation is 2. The van der Waals surface area contributed by atoms with E-state index in [0.717, 1.165) is 27.9 Å². The third-order valence-electron chi connectivity index (χ3n) is 6.39. The topological polar surface area (TPSA) is 97.2 Å². The summed E-state index contributed by atoms with van der Waals surface area (Å²) < 4.78 is 6.24. The van der Waals surface area contributed by atoms with Crippen molar-refractivity contribution in [1.82, 2.24) is 15.0 Å². The van der Waals surface area contributed by atoms with Crippen LogP contribution in [-0.4, -0.2) is 31.7 Å². The Hall–Kier alpha value is -3.46. The van der Waals surface area contributed by atoms with Gasteiger partial charge in [-0.05, 0) is 50.1 Å². The van der Waals surface area contributed by atoms with E-state index >= 15 is 0 Å². The number of hydrogen-bond donors (Lipinski definition) is 2. The molecule has 9 heteroatoms. The number of aromatic nitrogens is 3. The fraction of sp³-hybridized carbons (Fsp3) is 0.214. The van der Waals surface area contributed by atoms with Crippen LogP contribution in [0.3, 0.4) is 0 Å². The molecule has 0 bridgehead atoms. The summed E-state index contributed by atoms with van der Waals surface area (Å²) in [6.07, 6.45) is 2.11. The lowest BCUT2D eigenvalue weighted by Crippen LogP contribution is -2.16. The van der Waals surface area contributed by atoms with Gasteiger partial charge in [0.2, 0.25) is 11.8 Å². The van der Waals surface area contributed by atoms with Crippen LogP contribution in [0.1, 0.15) is 33.5 Å². The number of nitrogens with zero attached hydrogens (tertiary/aromatic N) is 3. The molecule has 0 aliphatic carbocycles. The van der Waals surface area contributed by atoms with Gasteiger partial charge in [-0.25, -0.2) is 4.98 Å². The van der Waals surface area contributed by atoms with Crippen molar-refractivity contribution in [2.45, 2.75) is 38.8 Å². The monoisotopic (exact) mass is 532 g/mol. The molecule has 0 spiro atoms. The Kier molecular flexibility index (Phi) is 7.15. The number of carbonyl (C=O) groups excluding carboxylic acids is 1. The van der Waals surface area contributed by atoms with Crippen LogP contribution < -0.4 is 10.1 Å². The molecule has 0 saturated carbocycles. The molecule has 2 aromatic heterocycles. The average Bonchev–Trinajstić information content (AvgIpc) is 2.89. The van der Waals surface area contributed by atoms with Gasteiger partial charge in [-0.2, -0.15) is 4.98 Å². The Labute approximate surface area is 224 Å². The van der Waals surface area contributed by atoms with Crippen molar-refractivity contribution in [2.75, 3.05) is 11.1 Å². The summed E-state index contributed by atoms with van der Waals surface area (Å²) in [5.41, 5.74) is 6.60. The second-order valence-corrected chi connectivity index (χ2v) is 10.2. The molecule has 1 amide bonds. The molecule has 188 valence electrons. The first-order chi connectivity index (χ1) is 17.9. The number of nitrogens with one attached hydrogen (secondary N) is 1. The molecule has 2 aromatic carbocycles. The summed E-state index contributed by atoms with van der Waals surface area (Å²) in [6, 6.07) is 13.2. The van der Waals surface area contributed by atoms with Gasteiger partial charge in [0.15, 0.2) is 11.6 Å². The quantitative estimate of drug-likeness (QED) is 0.203. The molecule has 0 fully saturated rings. The molecule has 4 aromatic rings. The number of carbonyl (C=O) groups is 1. The Morgan fingerprint density at radius 1 is 1.11 bits per heavy atom. The minimum absolute atomic E-state index is 0.140. The standard InChI is InChI=1S/C28H25ClN4O3S/c1-15-7-6-10-23(16(15)2)31-24(35)14-37-28-21-11-20-18(13-34)12-30-17(3)25(20)36-27(21)32-26(33-28)19-8-4-5-9-22(19)29/h4-10,12,34H,11,13-14H2,1-3H3,(H,31,35). The van der Waals surface area contributed by atoms with Gasteiger partial charge < -0.3 is 15.2 Å². The van der Waals surface area contributed by atoms with Gasteiger partial charge >= 0.3 is 0 Å². The first-order valence-electron chi connectivity index (χ1n) is 11.8. The van der Waals surface area contributed by atoms with Crippen molar-refractivity contribution in [3.05, 3.63) is 87.2 Å². The Bertz CT molecular complexity index is 1530. The third-order valence-corrected chi connectivity index (χ3v) is 7.74. The van der Waals surface area contributed by atoms with Crippen LogP contribution in [0.15, 0.2) is 53.7 Å². The van der Waals surface area contributed by atoms with E-state index in [1.54, 1.807) is 12.3 Å². The van der Waals surface area contributed by atoms with Crippen molar-refractivity contribution in [3.8, 4) is 23.0 Å². The van der Waals surface area contributed by atoms with E-state index in [-0.39, 0.29) is 18.3 Å². The second-order valence-electron chi connectivity index (χ2n) is 8.81. The number of rotatable bonds is 6. The lowest BCUT2D eigenvalue weighted by molar-refractivity contribution is -0.113. The molecule has 0 unspecified atom stereocenters. The number of amides is 1. The minimum atomic E-state index is -0.159. The maximum atomic E-state index is 12.9. The highest BCUT2D eigenvalue weighted by atomic mass is 35.5. The Morgan fingerprint density at radius 2 is 1.92 bits per heavy atom. The zero-order chi connectivity index (χ0) is 26.1. The van der Waals surface area contributed by atoms with E-state index in [1.165, 1.54) is 11.8 Å². The maximum absolute atomic E-state index is 12.9. The van der Waals surface area contributed by atoms with Crippen molar-refractivity contribution in [2.24, 2.45) is 0 Å². The van der Waals surface area contributed by atoms with E-state index < -0.39 is 0 Å². The number of pyridine rings is 1. The predicted molar refractivity (Wildman–Crippen MR) is 146 cm³/mol. The first-order valence-corrected chi connectivity index (χ1v) is 13.1. The van der Waals surface area contributed by atoms with Gasteiger partial charge in [-0.1, -0.05) is 47.6 Å². The highest BCUT2D eigenvalue weighted by molar-refractivity contribution is 8.00. The molecule has 2 N–H and O–H groups in total.